The zero-order chi connectivity index (χ0) is 19.1. The summed E-state index contributed by atoms with van der Waals surface area (Å²) in [4.78, 5) is 11.8. The van der Waals surface area contributed by atoms with Crippen LogP contribution in [-0.4, -0.2) is 11.0 Å². The van der Waals surface area contributed by atoms with Gasteiger partial charge in [-0.25, -0.2) is 4.39 Å². The van der Waals surface area contributed by atoms with E-state index in [9.17, 15) is 9.18 Å². The second-order valence-corrected chi connectivity index (χ2v) is 6.67. The van der Waals surface area contributed by atoms with Crippen molar-refractivity contribution < 1.29 is 9.18 Å². The molecule has 0 fully saturated rings. The molecule has 0 radical (unpaired) electrons. The van der Waals surface area contributed by atoms with Gasteiger partial charge in [0.15, 0.2) is 5.11 Å². The molecule has 3 N–H and O–H groups in total. The van der Waals surface area contributed by atoms with E-state index in [1.54, 1.807) is 0 Å². The van der Waals surface area contributed by atoms with Crippen LogP contribution in [0.1, 0.15) is 30.9 Å². The number of anilines is 1. The molecule has 0 aliphatic heterocycles. The first-order valence-corrected chi connectivity index (χ1v) is 8.74. The van der Waals surface area contributed by atoms with E-state index in [0.717, 1.165) is 5.69 Å². The number of benzene rings is 2. The monoisotopic (exact) mass is 391 g/mol. The number of hydrogen-bond acceptors (Lipinski definition) is 2. The molecular formula is C19H19ClFN3OS. The van der Waals surface area contributed by atoms with Crippen LogP contribution in [0.2, 0.25) is 5.02 Å². The molecule has 0 saturated heterocycles. The van der Waals surface area contributed by atoms with Crippen LogP contribution in [0, 0.1) is 5.82 Å². The fourth-order valence-electron chi connectivity index (χ4n) is 2.06. The number of halogens is 2. The summed E-state index contributed by atoms with van der Waals surface area (Å²) in [5.74, 6) is -0.464. The fourth-order valence-corrected chi connectivity index (χ4v) is 2.42. The molecule has 0 atom stereocenters. The molecule has 4 nitrogen and oxygen atoms in total. The second kappa shape index (κ2) is 9.31. The lowest BCUT2D eigenvalue weighted by atomic mass is 10.0. The predicted octanol–water partition coefficient (Wildman–Crippen LogP) is 4.63. The largest absolute Gasteiger partial charge is 0.331 e. The quantitative estimate of drug-likeness (QED) is 0.404. The highest BCUT2D eigenvalue weighted by Gasteiger charge is 2.02. The average Bonchev–Trinajstić information content (AvgIpc) is 2.61. The maximum absolute atomic E-state index is 13.1. The lowest BCUT2D eigenvalue weighted by Gasteiger charge is -2.11. The standard InChI is InChI=1S/C19H19ClFN3OS/c1-12(2)14-5-7-15(8-6-14)22-19(26)24-23-18(25)10-4-13-3-9-17(21)16(20)11-13/h3-12H,1-2H3,(H,23,25)(H2,22,24,26)/b10-4+. The maximum Gasteiger partial charge on any atom is 0.262 e. The average molecular weight is 392 g/mol. The topological polar surface area (TPSA) is 53.2 Å². The van der Waals surface area contributed by atoms with Gasteiger partial charge in [0, 0.05) is 11.8 Å². The maximum atomic E-state index is 13.1. The van der Waals surface area contributed by atoms with Crippen molar-refractivity contribution in [1.82, 2.24) is 10.9 Å². The third kappa shape index (κ3) is 6.13. The SMILES string of the molecule is CC(C)c1ccc(NC(=S)NNC(=O)/C=C/c2ccc(F)c(Cl)c2)cc1. The van der Waals surface area contributed by atoms with Gasteiger partial charge in [-0.15, -0.1) is 0 Å². The molecular weight excluding hydrogens is 373 g/mol. The number of amides is 1. The molecule has 0 aliphatic carbocycles. The second-order valence-electron chi connectivity index (χ2n) is 5.85. The molecule has 0 bridgehead atoms. The van der Waals surface area contributed by atoms with E-state index in [-0.39, 0.29) is 10.1 Å². The van der Waals surface area contributed by atoms with Crippen LogP contribution in [0.5, 0.6) is 0 Å². The van der Waals surface area contributed by atoms with Gasteiger partial charge in [-0.1, -0.05) is 43.6 Å². The van der Waals surface area contributed by atoms with Crippen molar-refractivity contribution in [3.8, 4) is 0 Å². The van der Waals surface area contributed by atoms with Crippen molar-refractivity contribution in [2.75, 3.05) is 5.32 Å². The van der Waals surface area contributed by atoms with Gasteiger partial charge in [-0.05, 0) is 59.6 Å². The van der Waals surface area contributed by atoms with Crippen molar-refractivity contribution in [3.05, 3.63) is 70.5 Å². The number of carbonyl (C=O) groups is 1. The van der Waals surface area contributed by atoms with E-state index in [4.69, 9.17) is 23.8 Å². The molecule has 1 amide bonds. The Kier molecular flexibility index (Phi) is 7.12. The van der Waals surface area contributed by atoms with Gasteiger partial charge in [0.05, 0.1) is 5.02 Å². The van der Waals surface area contributed by atoms with E-state index in [2.05, 4.69) is 30.0 Å². The molecule has 0 aromatic heterocycles. The Hall–Kier alpha value is -2.44. The Morgan fingerprint density at radius 3 is 2.46 bits per heavy atom. The summed E-state index contributed by atoms with van der Waals surface area (Å²) in [7, 11) is 0. The molecule has 0 saturated carbocycles. The normalized spacial score (nSPS) is 10.8. The first-order valence-electron chi connectivity index (χ1n) is 7.95. The van der Waals surface area contributed by atoms with E-state index in [0.29, 0.717) is 11.5 Å². The molecule has 7 heteroatoms. The highest BCUT2D eigenvalue weighted by molar-refractivity contribution is 7.80. The zero-order valence-corrected chi connectivity index (χ0v) is 15.9. The number of hydrazine groups is 1. The van der Waals surface area contributed by atoms with Gasteiger partial charge >= 0.3 is 0 Å². The van der Waals surface area contributed by atoms with Gasteiger partial charge in [-0.3, -0.25) is 15.6 Å². The van der Waals surface area contributed by atoms with E-state index < -0.39 is 11.7 Å². The van der Waals surface area contributed by atoms with Crippen LogP contribution in [0.25, 0.3) is 6.08 Å². The van der Waals surface area contributed by atoms with E-state index in [1.807, 2.05) is 24.3 Å². The first-order chi connectivity index (χ1) is 12.3. The van der Waals surface area contributed by atoms with E-state index >= 15 is 0 Å². The van der Waals surface area contributed by atoms with Crippen molar-refractivity contribution in [3.63, 3.8) is 0 Å². The number of hydrogen-bond donors (Lipinski definition) is 3. The summed E-state index contributed by atoms with van der Waals surface area (Å²) < 4.78 is 13.1. The van der Waals surface area contributed by atoms with E-state index in [1.165, 1.54) is 35.9 Å². The smallest absolute Gasteiger partial charge is 0.262 e. The van der Waals surface area contributed by atoms with Crippen LogP contribution in [-0.2, 0) is 4.79 Å². The van der Waals surface area contributed by atoms with Crippen molar-refractivity contribution in [2.45, 2.75) is 19.8 Å². The van der Waals surface area contributed by atoms with Gasteiger partial charge in [0.1, 0.15) is 5.82 Å². The molecule has 136 valence electrons. The molecule has 0 aliphatic rings. The summed E-state index contributed by atoms with van der Waals surface area (Å²) in [6.07, 6.45) is 2.81. The lowest BCUT2D eigenvalue weighted by molar-refractivity contribution is -0.116. The minimum absolute atomic E-state index is 0.000420. The molecule has 0 spiro atoms. The Balaban J connectivity index is 1.81. The Morgan fingerprint density at radius 2 is 1.85 bits per heavy atom. The van der Waals surface area contributed by atoms with Crippen LogP contribution in [0.4, 0.5) is 10.1 Å². The van der Waals surface area contributed by atoms with Gasteiger partial charge in [0.25, 0.3) is 5.91 Å². The van der Waals surface area contributed by atoms with Crippen molar-refractivity contribution >= 4 is 46.6 Å². The number of thiocarbonyl (C=S) groups is 1. The summed E-state index contributed by atoms with van der Waals surface area (Å²) >= 11 is 10.8. The van der Waals surface area contributed by atoms with Gasteiger partial charge in [-0.2, -0.15) is 0 Å². The molecule has 2 aromatic carbocycles. The Labute approximate surface area is 162 Å². The van der Waals surface area contributed by atoms with Gasteiger partial charge in [0.2, 0.25) is 0 Å². The summed E-state index contributed by atoms with van der Waals surface area (Å²) in [5.41, 5.74) is 7.71. The van der Waals surface area contributed by atoms with Crippen LogP contribution >= 0.6 is 23.8 Å². The zero-order valence-electron chi connectivity index (χ0n) is 14.3. The fraction of sp³-hybridized carbons (Fsp3) is 0.158. The molecule has 0 unspecified atom stereocenters. The number of nitrogens with one attached hydrogen (secondary N) is 3. The molecule has 0 heterocycles. The van der Waals surface area contributed by atoms with Crippen molar-refractivity contribution in [1.29, 1.82) is 0 Å². The molecule has 2 rings (SSSR count). The summed E-state index contributed by atoms with van der Waals surface area (Å²) in [5, 5.41) is 3.23. The predicted molar refractivity (Wildman–Crippen MR) is 108 cm³/mol. The van der Waals surface area contributed by atoms with Crippen LogP contribution in [0.15, 0.2) is 48.5 Å². The molecule has 26 heavy (non-hydrogen) atoms. The number of rotatable bonds is 4. The van der Waals surface area contributed by atoms with Crippen LogP contribution in [0.3, 0.4) is 0 Å². The Morgan fingerprint density at radius 1 is 1.15 bits per heavy atom. The lowest BCUT2D eigenvalue weighted by Crippen LogP contribution is -2.43. The van der Waals surface area contributed by atoms with Gasteiger partial charge < -0.3 is 5.32 Å². The molecule has 2 aromatic rings. The van der Waals surface area contributed by atoms with Crippen molar-refractivity contribution in [2.24, 2.45) is 0 Å². The minimum atomic E-state index is -0.507. The highest BCUT2D eigenvalue weighted by atomic mass is 35.5. The summed E-state index contributed by atoms with van der Waals surface area (Å²) in [6, 6.07) is 12.1. The van der Waals surface area contributed by atoms with Crippen LogP contribution < -0.4 is 16.2 Å². The minimum Gasteiger partial charge on any atom is -0.331 e. The number of carbonyl (C=O) groups excluding carboxylic acids is 1. The first kappa shape index (κ1) is 19.9. The summed E-state index contributed by atoms with van der Waals surface area (Å²) in [6.45, 7) is 4.25. The third-order valence-electron chi connectivity index (χ3n) is 3.51. The Bertz CT molecular complexity index is 822. The highest BCUT2D eigenvalue weighted by Crippen LogP contribution is 2.17. The third-order valence-corrected chi connectivity index (χ3v) is 4.00.